The number of likely N-dealkylation sites (N-methyl/N-ethyl adjacent to an activating group) is 1. The highest BCUT2D eigenvalue weighted by molar-refractivity contribution is 5.92. The monoisotopic (exact) mass is 447 g/mol. The molecule has 1 fully saturated rings. The molecule has 1 N–H and O–H groups in total. The number of para-hydroxylation sites is 2. The second kappa shape index (κ2) is 10.8. The van der Waals surface area contributed by atoms with E-state index in [0.29, 0.717) is 23.8 Å². The van der Waals surface area contributed by atoms with Gasteiger partial charge < -0.3 is 24.6 Å². The van der Waals surface area contributed by atoms with E-state index in [4.69, 9.17) is 9.47 Å². The zero-order valence-corrected chi connectivity index (χ0v) is 19.0. The third kappa shape index (κ3) is 5.98. The smallest absolute Gasteiger partial charge is 0.262 e. The molecule has 0 radical (unpaired) electrons. The number of nitrogens with zero attached hydrogens (tertiary/aromatic N) is 4. The maximum atomic E-state index is 12.3. The molecule has 0 bridgehead atoms. The molecule has 33 heavy (non-hydrogen) atoms. The number of amides is 1. The van der Waals surface area contributed by atoms with E-state index in [0.717, 1.165) is 43.3 Å². The Hall–Kier alpha value is -3.65. The first kappa shape index (κ1) is 22.5. The lowest BCUT2D eigenvalue weighted by Crippen LogP contribution is -2.44. The van der Waals surface area contributed by atoms with E-state index in [2.05, 4.69) is 32.4 Å². The van der Waals surface area contributed by atoms with Gasteiger partial charge in [-0.1, -0.05) is 24.3 Å². The Labute approximate surface area is 194 Å². The normalized spacial score (nSPS) is 14.1. The van der Waals surface area contributed by atoms with Crippen molar-refractivity contribution in [2.45, 2.75) is 6.92 Å². The minimum atomic E-state index is -0.245. The van der Waals surface area contributed by atoms with Crippen molar-refractivity contribution in [3.05, 3.63) is 60.7 Å². The van der Waals surface area contributed by atoms with Crippen molar-refractivity contribution in [2.75, 3.05) is 56.7 Å². The zero-order chi connectivity index (χ0) is 23.0. The van der Waals surface area contributed by atoms with E-state index in [9.17, 15) is 4.79 Å². The van der Waals surface area contributed by atoms with Crippen LogP contribution in [-0.4, -0.2) is 67.4 Å². The van der Waals surface area contributed by atoms with Gasteiger partial charge >= 0.3 is 0 Å². The fraction of sp³-hybridized carbons (Fsp3) is 0.320. The van der Waals surface area contributed by atoms with Gasteiger partial charge in [-0.05, 0) is 50.4 Å². The predicted octanol–water partition coefficient (Wildman–Crippen LogP) is 3.31. The molecule has 0 saturated carbocycles. The molecule has 3 aromatic rings. The molecule has 8 nitrogen and oxygen atoms in total. The minimum Gasteiger partial charge on any atom is -0.490 e. The van der Waals surface area contributed by atoms with Gasteiger partial charge in [-0.2, -0.15) is 0 Å². The number of aromatic nitrogens is 2. The topological polar surface area (TPSA) is 79.8 Å². The van der Waals surface area contributed by atoms with Gasteiger partial charge in [-0.3, -0.25) is 4.79 Å². The van der Waals surface area contributed by atoms with Gasteiger partial charge in [-0.15, -0.1) is 10.2 Å². The number of piperazine rings is 1. The largest absolute Gasteiger partial charge is 0.490 e. The van der Waals surface area contributed by atoms with Gasteiger partial charge in [0.15, 0.2) is 23.9 Å². The molecular formula is C25H29N5O3. The lowest BCUT2D eigenvalue weighted by molar-refractivity contribution is -0.118. The summed E-state index contributed by atoms with van der Waals surface area (Å²) in [5, 5.41) is 11.7. The molecule has 4 rings (SSSR count). The molecule has 1 amide bonds. The third-order valence-electron chi connectivity index (χ3n) is 5.45. The van der Waals surface area contributed by atoms with E-state index in [1.807, 2.05) is 61.5 Å². The highest BCUT2D eigenvalue weighted by Crippen LogP contribution is 2.26. The molecule has 1 aliphatic rings. The number of benzene rings is 2. The van der Waals surface area contributed by atoms with Crippen molar-refractivity contribution in [2.24, 2.45) is 0 Å². The van der Waals surface area contributed by atoms with Crippen LogP contribution in [0.1, 0.15) is 6.92 Å². The number of hydrogen-bond donors (Lipinski definition) is 1. The summed E-state index contributed by atoms with van der Waals surface area (Å²) in [6, 6.07) is 18.8. The van der Waals surface area contributed by atoms with E-state index in [1.54, 1.807) is 6.07 Å². The van der Waals surface area contributed by atoms with Gasteiger partial charge in [-0.25, -0.2) is 0 Å². The lowest BCUT2D eigenvalue weighted by atomic mass is 10.1. The van der Waals surface area contributed by atoms with Crippen LogP contribution >= 0.6 is 0 Å². The van der Waals surface area contributed by atoms with Crippen molar-refractivity contribution < 1.29 is 14.3 Å². The number of hydrogen-bond acceptors (Lipinski definition) is 7. The van der Waals surface area contributed by atoms with Crippen LogP contribution in [0.4, 0.5) is 11.5 Å². The number of ether oxygens (including phenoxy) is 2. The van der Waals surface area contributed by atoms with Gasteiger partial charge in [0.25, 0.3) is 5.91 Å². The maximum Gasteiger partial charge on any atom is 0.262 e. The summed E-state index contributed by atoms with van der Waals surface area (Å²) in [5.74, 6) is 1.83. The molecule has 0 unspecified atom stereocenters. The van der Waals surface area contributed by atoms with E-state index in [1.165, 1.54) is 0 Å². The Balaban J connectivity index is 1.31. The molecule has 2 aromatic carbocycles. The molecule has 0 spiro atoms. The Morgan fingerprint density at radius 1 is 0.909 bits per heavy atom. The number of rotatable bonds is 8. The van der Waals surface area contributed by atoms with Crippen LogP contribution < -0.4 is 19.7 Å². The average molecular weight is 448 g/mol. The van der Waals surface area contributed by atoms with E-state index in [-0.39, 0.29) is 12.5 Å². The van der Waals surface area contributed by atoms with Crippen LogP contribution in [0.5, 0.6) is 11.5 Å². The first-order valence-electron chi connectivity index (χ1n) is 11.1. The Kier molecular flexibility index (Phi) is 7.36. The van der Waals surface area contributed by atoms with Crippen molar-refractivity contribution in [1.82, 2.24) is 15.1 Å². The number of anilines is 2. The summed E-state index contributed by atoms with van der Waals surface area (Å²) in [7, 11) is 2.13. The molecule has 1 aliphatic heterocycles. The van der Waals surface area contributed by atoms with Gasteiger partial charge in [0.05, 0.1) is 12.3 Å². The molecule has 172 valence electrons. The van der Waals surface area contributed by atoms with Crippen LogP contribution in [0.3, 0.4) is 0 Å². The lowest BCUT2D eigenvalue weighted by Gasteiger charge is -2.32. The highest BCUT2D eigenvalue weighted by atomic mass is 16.5. The van der Waals surface area contributed by atoms with Crippen LogP contribution in [0, 0.1) is 0 Å². The van der Waals surface area contributed by atoms with Crippen LogP contribution in [0.2, 0.25) is 0 Å². The summed E-state index contributed by atoms with van der Waals surface area (Å²) < 4.78 is 11.1. The van der Waals surface area contributed by atoms with Crippen molar-refractivity contribution >= 4 is 17.4 Å². The van der Waals surface area contributed by atoms with Crippen molar-refractivity contribution in [3.63, 3.8) is 0 Å². The average Bonchev–Trinajstić information content (AvgIpc) is 2.85. The summed E-state index contributed by atoms with van der Waals surface area (Å²) in [4.78, 5) is 16.9. The third-order valence-corrected chi connectivity index (χ3v) is 5.45. The second-order valence-electron chi connectivity index (χ2n) is 7.86. The highest BCUT2D eigenvalue weighted by Gasteiger charge is 2.15. The molecule has 0 atom stereocenters. The van der Waals surface area contributed by atoms with E-state index < -0.39 is 0 Å². The summed E-state index contributed by atoms with van der Waals surface area (Å²) >= 11 is 0. The Bertz CT molecular complexity index is 1050. The fourth-order valence-electron chi connectivity index (χ4n) is 3.59. The van der Waals surface area contributed by atoms with E-state index >= 15 is 0 Å². The first-order valence-corrected chi connectivity index (χ1v) is 11.1. The summed E-state index contributed by atoms with van der Waals surface area (Å²) in [6.45, 7) is 6.30. The minimum absolute atomic E-state index is 0.106. The molecule has 1 aromatic heterocycles. The zero-order valence-electron chi connectivity index (χ0n) is 19.0. The summed E-state index contributed by atoms with van der Waals surface area (Å²) in [5.41, 5.74) is 2.42. The maximum absolute atomic E-state index is 12.3. The second-order valence-corrected chi connectivity index (χ2v) is 7.86. The van der Waals surface area contributed by atoms with Gasteiger partial charge in [0.2, 0.25) is 0 Å². The molecule has 1 saturated heterocycles. The molecule has 0 aliphatic carbocycles. The number of carbonyl (C=O) groups excluding carboxylic acids is 1. The molecule has 2 heterocycles. The molecular weight excluding hydrogens is 418 g/mol. The molecule has 8 heteroatoms. The predicted molar refractivity (Wildman–Crippen MR) is 129 cm³/mol. The SMILES string of the molecule is CCOc1ccccc1OCC(=O)Nc1ccc(-c2ccc(N3CCN(C)CC3)nn2)cc1. The van der Waals surface area contributed by atoms with Gasteiger partial charge in [0.1, 0.15) is 0 Å². The van der Waals surface area contributed by atoms with Crippen molar-refractivity contribution in [3.8, 4) is 22.8 Å². The quantitative estimate of drug-likeness (QED) is 0.567. The van der Waals surface area contributed by atoms with Crippen LogP contribution in [-0.2, 0) is 4.79 Å². The standard InChI is InChI=1S/C25H29N5O3/c1-3-32-22-6-4-5-7-23(22)33-18-25(31)26-20-10-8-19(9-11-20)21-12-13-24(28-27-21)30-16-14-29(2)15-17-30/h4-13H,3,14-18H2,1-2H3,(H,26,31). The number of carbonyl (C=O) groups is 1. The summed E-state index contributed by atoms with van der Waals surface area (Å²) in [6.07, 6.45) is 0. The van der Waals surface area contributed by atoms with Crippen molar-refractivity contribution in [1.29, 1.82) is 0 Å². The first-order chi connectivity index (χ1) is 16.1. The van der Waals surface area contributed by atoms with Gasteiger partial charge in [0, 0.05) is 37.4 Å². The van der Waals surface area contributed by atoms with Crippen LogP contribution in [0.15, 0.2) is 60.7 Å². The fourth-order valence-corrected chi connectivity index (χ4v) is 3.59. The van der Waals surface area contributed by atoms with Crippen LogP contribution in [0.25, 0.3) is 11.3 Å². The Morgan fingerprint density at radius 3 is 2.24 bits per heavy atom. The Morgan fingerprint density at radius 2 is 1.61 bits per heavy atom. The number of nitrogens with one attached hydrogen (secondary N) is 1.